The zero-order chi connectivity index (χ0) is 13.3. The van der Waals surface area contributed by atoms with Crippen molar-refractivity contribution in [1.82, 2.24) is 10.2 Å². The van der Waals surface area contributed by atoms with Crippen LogP contribution < -0.4 is 5.32 Å². The number of nitrogens with zero attached hydrogens (tertiary/aromatic N) is 1. The largest absolute Gasteiger partial charge is 0.311 e. The van der Waals surface area contributed by atoms with E-state index in [0.29, 0.717) is 12.1 Å². The Morgan fingerprint density at radius 3 is 2.50 bits per heavy atom. The van der Waals surface area contributed by atoms with Gasteiger partial charge in [0.25, 0.3) is 0 Å². The fourth-order valence-corrected chi connectivity index (χ4v) is 2.73. The Hall–Kier alpha value is -0.860. The van der Waals surface area contributed by atoms with Crippen LogP contribution in [0.1, 0.15) is 36.1 Å². The number of nitrogens with one attached hydrogen (secondary N) is 1. The predicted molar refractivity (Wildman–Crippen MR) is 78.0 cm³/mol. The Balaban J connectivity index is 2.15. The number of aryl methyl sites for hydroxylation is 3. The monoisotopic (exact) mass is 246 g/mol. The lowest BCUT2D eigenvalue weighted by Gasteiger charge is -2.38. The second kappa shape index (κ2) is 5.41. The zero-order valence-electron chi connectivity index (χ0n) is 12.4. The van der Waals surface area contributed by atoms with Gasteiger partial charge in [-0.2, -0.15) is 0 Å². The highest BCUT2D eigenvalue weighted by Crippen LogP contribution is 2.19. The molecule has 1 aliphatic heterocycles. The Kier molecular flexibility index (Phi) is 4.08. The van der Waals surface area contributed by atoms with E-state index in [1.165, 1.54) is 22.3 Å². The van der Waals surface area contributed by atoms with Crippen LogP contribution >= 0.6 is 0 Å². The van der Waals surface area contributed by atoms with Crippen LogP contribution in [0.2, 0.25) is 0 Å². The number of hydrogen-bond acceptors (Lipinski definition) is 2. The zero-order valence-corrected chi connectivity index (χ0v) is 12.4. The molecule has 2 heteroatoms. The van der Waals surface area contributed by atoms with Gasteiger partial charge in [0.15, 0.2) is 0 Å². The maximum absolute atomic E-state index is 3.54. The van der Waals surface area contributed by atoms with E-state index < -0.39 is 0 Å². The van der Waals surface area contributed by atoms with Crippen LogP contribution in [0.4, 0.5) is 0 Å². The van der Waals surface area contributed by atoms with Crippen LogP contribution in [0.15, 0.2) is 12.1 Å². The minimum atomic E-state index is 0.605. The summed E-state index contributed by atoms with van der Waals surface area (Å²) in [6.45, 7) is 14.6. The Morgan fingerprint density at radius 2 is 1.78 bits per heavy atom. The van der Waals surface area contributed by atoms with Crippen molar-refractivity contribution < 1.29 is 0 Å². The van der Waals surface area contributed by atoms with Crippen LogP contribution in [-0.4, -0.2) is 30.1 Å². The fraction of sp³-hybridized carbons (Fsp3) is 0.625. The van der Waals surface area contributed by atoms with Gasteiger partial charge < -0.3 is 5.32 Å². The number of benzene rings is 1. The van der Waals surface area contributed by atoms with Crippen LogP contribution in [0.3, 0.4) is 0 Å². The summed E-state index contributed by atoms with van der Waals surface area (Å²) in [5, 5.41) is 3.54. The maximum atomic E-state index is 3.54. The first-order valence-electron chi connectivity index (χ1n) is 7.01. The quantitative estimate of drug-likeness (QED) is 0.863. The van der Waals surface area contributed by atoms with Crippen LogP contribution in [-0.2, 0) is 6.54 Å². The van der Waals surface area contributed by atoms with Gasteiger partial charge in [-0.1, -0.05) is 12.1 Å². The highest BCUT2D eigenvalue weighted by atomic mass is 15.2. The molecule has 18 heavy (non-hydrogen) atoms. The number of piperazine rings is 1. The normalized spacial score (nSPS) is 25.4. The highest BCUT2D eigenvalue weighted by Gasteiger charge is 2.22. The van der Waals surface area contributed by atoms with E-state index in [4.69, 9.17) is 0 Å². The third-order valence-electron chi connectivity index (χ3n) is 4.22. The molecular formula is C16H26N2. The average Bonchev–Trinajstić information content (AvgIpc) is 2.30. The van der Waals surface area contributed by atoms with Crippen molar-refractivity contribution in [3.05, 3.63) is 34.4 Å². The van der Waals surface area contributed by atoms with E-state index in [-0.39, 0.29) is 0 Å². The molecule has 1 aromatic rings. The van der Waals surface area contributed by atoms with Gasteiger partial charge in [-0.05, 0) is 56.9 Å². The lowest BCUT2D eigenvalue weighted by molar-refractivity contribution is 0.138. The van der Waals surface area contributed by atoms with Gasteiger partial charge in [-0.25, -0.2) is 0 Å². The van der Waals surface area contributed by atoms with Crippen molar-refractivity contribution in [2.24, 2.45) is 0 Å². The Bertz CT molecular complexity index is 425. The first kappa shape index (κ1) is 13.6. The lowest BCUT2D eigenvalue weighted by atomic mass is 9.99. The molecule has 0 aromatic heterocycles. The molecule has 1 heterocycles. The van der Waals surface area contributed by atoms with Crippen molar-refractivity contribution in [1.29, 1.82) is 0 Å². The summed E-state index contributed by atoms with van der Waals surface area (Å²) in [6.07, 6.45) is 0. The van der Waals surface area contributed by atoms with E-state index in [0.717, 1.165) is 19.6 Å². The minimum Gasteiger partial charge on any atom is -0.311 e. The van der Waals surface area contributed by atoms with Gasteiger partial charge in [-0.3, -0.25) is 4.90 Å². The third kappa shape index (κ3) is 2.93. The number of hydrogen-bond donors (Lipinski definition) is 1. The van der Waals surface area contributed by atoms with Gasteiger partial charge >= 0.3 is 0 Å². The summed E-state index contributed by atoms with van der Waals surface area (Å²) in [6, 6.07) is 5.92. The molecule has 1 saturated heterocycles. The van der Waals surface area contributed by atoms with Gasteiger partial charge in [-0.15, -0.1) is 0 Å². The van der Waals surface area contributed by atoms with E-state index in [9.17, 15) is 0 Å². The standard InChI is InChI=1S/C16H26N2/c1-11-6-13(3)16(7-12(11)2)10-18-9-14(4)17-8-15(18)5/h6-7,14-15,17H,8-10H2,1-5H3. The van der Waals surface area contributed by atoms with Crippen LogP contribution in [0, 0.1) is 20.8 Å². The van der Waals surface area contributed by atoms with E-state index >= 15 is 0 Å². The fourth-order valence-electron chi connectivity index (χ4n) is 2.73. The second-order valence-electron chi connectivity index (χ2n) is 5.95. The molecule has 1 fully saturated rings. The molecule has 0 bridgehead atoms. The summed E-state index contributed by atoms with van der Waals surface area (Å²) in [5.41, 5.74) is 5.72. The van der Waals surface area contributed by atoms with E-state index in [2.05, 4.69) is 57.0 Å². The minimum absolute atomic E-state index is 0.605. The molecule has 1 N–H and O–H groups in total. The van der Waals surface area contributed by atoms with Crippen molar-refractivity contribution in [3.8, 4) is 0 Å². The summed E-state index contributed by atoms with van der Waals surface area (Å²) in [7, 11) is 0. The molecule has 1 aromatic carbocycles. The summed E-state index contributed by atoms with van der Waals surface area (Å²) < 4.78 is 0. The van der Waals surface area contributed by atoms with Gasteiger partial charge in [0.1, 0.15) is 0 Å². The van der Waals surface area contributed by atoms with Gasteiger partial charge in [0.2, 0.25) is 0 Å². The van der Waals surface area contributed by atoms with Crippen LogP contribution in [0.5, 0.6) is 0 Å². The van der Waals surface area contributed by atoms with Crippen molar-refractivity contribution >= 4 is 0 Å². The lowest BCUT2D eigenvalue weighted by Crippen LogP contribution is -2.53. The number of rotatable bonds is 2. The first-order valence-corrected chi connectivity index (χ1v) is 7.01. The first-order chi connectivity index (χ1) is 8.47. The SMILES string of the molecule is Cc1cc(C)c(CN2CC(C)NCC2C)cc1C. The van der Waals surface area contributed by atoms with Gasteiger partial charge in [0.05, 0.1) is 0 Å². The molecule has 2 atom stereocenters. The van der Waals surface area contributed by atoms with Crippen molar-refractivity contribution in [2.45, 2.75) is 53.2 Å². The molecule has 100 valence electrons. The van der Waals surface area contributed by atoms with E-state index in [1.807, 2.05) is 0 Å². The molecule has 0 spiro atoms. The Morgan fingerprint density at radius 1 is 1.11 bits per heavy atom. The van der Waals surface area contributed by atoms with Crippen LogP contribution in [0.25, 0.3) is 0 Å². The third-order valence-corrected chi connectivity index (χ3v) is 4.22. The molecule has 0 aliphatic carbocycles. The Labute approximate surface area is 111 Å². The summed E-state index contributed by atoms with van der Waals surface area (Å²) in [4.78, 5) is 2.60. The molecule has 0 amide bonds. The molecule has 2 nitrogen and oxygen atoms in total. The summed E-state index contributed by atoms with van der Waals surface area (Å²) in [5.74, 6) is 0. The highest BCUT2D eigenvalue weighted by molar-refractivity contribution is 5.36. The average molecular weight is 246 g/mol. The molecule has 1 aliphatic rings. The van der Waals surface area contributed by atoms with Crippen molar-refractivity contribution in [3.63, 3.8) is 0 Å². The summed E-state index contributed by atoms with van der Waals surface area (Å²) >= 11 is 0. The smallest absolute Gasteiger partial charge is 0.0240 e. The topological polar surface area (TPSA) is 15.3 Å². The van der Waals surface area contributed by atoms with Gasteiger partial charge in [0, 0.05) is 31.7 Å². The molecular weight excluding hydrogens is 220 g/mol. The molecule has 0 radical (unpaired) electrons. The predicted octanol–water partition coefficient (Wildman–Crippen LogP) is 2.79. The molecule has 0 saturated carbocycles. The maximum Gasteiger partial charge on any atom is 0.0240 e. The van der Waals surface area contributed by atoms with Crippen molar-refractivity contribution in [2.75, 3.05) is 13.1 Å². The molecule has 2 rings (SSSR count). The van der Waals surface area contributed by atoms with E-state index in [1.54, 1.807) is 0 Å². The molecule has 2 unspecified atom stereocenters. The second-order valence-corrected chi connectivity index (χ2v) is 5.95.